The second-order valence-corrected chi connectivity index (χ2v) is 8.82. The molecule has 0 unspecified atom stereocenters. The summed E-state index contributed by atoms with van der Waals surface area (Å²) in [7, 11) is 0. The first kappa shape index (κ1) is 25.2. The molecule has 186 valence electrons. The van der Waals surface area contributed by atoms with Crippen LogP contribution >= 0.6 is 0 Å². The molecule has 36 heavy (non-hydrogen) atoms. The number of aromatic nitrogens is 2. The van der Waals surface area contributed by atoms with Gasteiger partial charge >= 0.3 is 0 Å². The molecule has 0 fully saturated rings. The average Bonchev–Trinajstić information content (AvgIpc) is 3.38. The Balaban J connectivity index is 1.33. The van der Waals surface area contributed by atoms with E-state index >= 15 is 0 Å². The number of para-hydroxylation sites is 1. The first-order valence-electron chi connectivity index (χ1n) is 12.4. The summed E-state index contributed by atoms with van der Waals surface area (Å²) >= 11 is 0. The number of imidazole rings is 1. The lowest BCUT2D eigenvalue weighted by molar-refractivity contribution is 0.0225. The Morgan fingerprint density at radius 3 is 2.31 bits per heavy atom. The third kappa shape index (κ3) is 7.82. The fraction of sp³-hybridized carbons (Fsp3) is 0.267. The molecular weight excluding hydrogens is 450 g/mol. The van der Waals surface area contributed by atoms with Gasteiger partial charge in [0.15, 0.2) is 0 Å². The van der Waals surface area contributed by atoms with Crippen LogP contribution in [0.25, 0.3) is 0 Å². The van der Waals surface area contributed by atoms with Crippen LogP contribution < -0.4 is 10.5 Å². The molecule has 0 bridgehead atoms. The van der Waals surface area contributed by atoms with Gasteiger partial charge in [0, 0.05) is 19.2 Å². The van der Waals surface area contributed by atoms with Gasteiger partial charge in [0.05, 0.1) is 25.6 Å². The Labute approximate surface area is 212 Å². The largest absolute Gasteiger partial charge is 0.493 e. The fourth-order valence-corrected chi connectivity index (χ4v) is 4.13. The van der Waals surface area contributed by atoms with Crippen molar-refractivity contribution in [1.82, 2.24) is 9.55 Å². The Hall–Kier alpha value is -3.90. The van der Waals surface area contributed by atoms with E-state index in [-0.39, 0.29) is 11.8 Å². The number of hydrogen-bond donors (Lipinski definition) is 1. The number of benzene rings is 3. The Kier molecular flexibility index (Phi) is 9.28. The number of carbonyl (C=O) groups excluding carboxylic acids is 1. The Bertz CT molecular complexity index is 1210. The van der Waals surface area contributed by atoms with Gasteiger partial charge in [-0.3, -0.25) is 4.79 Å². The number of aryl methyl sites for hydroxylation is 1. The van der Waals surface area contributed by atoms with Crippen LogP contribution in [0.5, 0.6) is 5.75 Å². The number of ether oxygens (including phenoxy) is 2. The summed E-state index contributed by atoms with van der Waals surface area (Å²) in [5, 5.41) is 0. The molecule has 6 heteroatoms. The number of hydrogen-bond acceptors (Lipinski definition) is 4. The van der Waals surface area contributed by atoms with E-state index in [4.69, 9.17) is 15.2 Å². The van der Waals surface area contributed by atoms with Crippen molar-refractivity contribution in [3.05, 3.63) is 120 Å². The summed E-state index contributed by atoms with van der Waals surface area (Å²) in [6.45, 7) is 1.77. The molecule has 0 aliphatic heterocycles. The van der Waals surface area contributed by atoms with E-state index in [0.29, 0.717) is 19.8 Å². The maximum absolute atomic E-state index is 11.4. The average molecular weight is 484 g/mol. The summed E-state index contributed by atoms with van der Waals surface area (Å²) < 4.78 is 14.3. The van der Waals surface area contributed by atoms with E-state index in [0.717, 1.165) is 37.0 Å². The lowest BCUT2D eigenvalue weighted by Gasteiger charge is -2.19. The predicted molar refractivity (Wildman–Crippen MR) is 141 cm³/mol. The number of amides is 1. The SMILES string of the molecule is NC(=O)c1cn(C[C@H](CCCc2ccccc2OCCc2ccccc2)OCc2ccccc2)cn1. The highest BCUT2D eigenvalue weighted by Gasteiger charge is 2.14. The molecule has 4 aromatic rings. The molecule has 1 aromatic heterocycles. The molecule has 0 saturated heterocycles. The van der Waals surface area contributed by atoms with Crippen molar-refractivity contribution in [3.8, 4) is 5.75 Å². The van der Waals surface area contributed by atoms with Crippen LogP contribution in [0.2, 0.25) is 0 Å². The monoisotopic (exact) mass is 483 g/mol. The molecule has 1 amide bonds. The van der Waals surface area contributed by atoms with E-state index in [1.54, 1.807) is 12.5 Å². The van der Waals surface area contributed by atoms with Crippen molar-refractivity contribution in [3.63, 3.8) is 0 Å². The van der Waals surface area contributed by atoms with E-state index < -0.39 is 5.91 Å². The maximum Gasteiger partial charge on any atom is 0.268 e. The second kappa shape index (κ2) is 13.3. The summed E-state index contributed by atoms with van der Waals surface area (Å²) in [5.41, 5.74) is 9.22. The molecule has 2 N–H and O–H groups in total. The van der Waals surface area contributed by atoms with Gasteiger partial charge in [-0.1, -0.05) is 78.9 Å². The van der Waals surface area contributed by atoms with E-state index in [9.17, 15) is 4.79 Å². The van der Waals surface area contributed by atoms with Crippen molar-refractivity contribution in [2.45, 2.75) is 44.9 Å². The maximum atomic E-state index is 11.4. The minimum Gasteiger partial charge on any atom is -0.493 e. The summed E-state index contributed by atoms with van der Waals surface area (Å²) in [6.07, 6.45) is 6.84. The van der Waals surface area contributed by atoms with Crippen molar-refractivity contribution < 1.29 is 14.3 Å². The van der Waals surface area contributed by atoms with Crippen LogP contribution in [0, 0.1) is 0 Å². The summed E-state index contributed by atoms with van der Waals surface area (Å²) in [4.78, 5) is 15.5. The molecule has 0 spiro atoms. The molecule has 1 atom stereocenters. The number of nitrogens with zero attached hydrogens (tertiary/aromatic N) is 2. The zero-order valence-electron chi connectivity index (χ0n) is 20.5. The second-order valence-electron chi connectivity index (χ2n) is 8.82. The molecule has 0 aliphatic rings. The molecule has 3 aromatic carbocycles. The number of nitrogens with two attached hydrogens (primary N) is 1. The van der Waals surface area contributed by atoms with Crippen LogP contribution in [0.4, 0.5) is 0 Å². The first-order chi connectivity index (χ1) is 17.7. The van der Waals surface area contributed by atoms with Gasteiger partial charge in [-0.25, -0.2) is 4.98 Å². The highest BCUT2D eigenvalue weighted by Crippen LogP contribution is 2.22. The lowest BCUT2D eigenvalue weighted by atomic mass is 10.0. The lowest BCUT2D eigenvalue weighted by Crippen LogP contribution is -2.20. The third-order valence-electron chi connectivity index (χ3n) is 6.06. The van der Waals surface area contributed by atoms with Crippen LogP contribution in [0.15, 0.2) is 97.5 Å². The summed E-state index contributed by atoms with van der Waals surface area (Å²) in [6, 6.07) is 28.8. The van der Waals surface area contributed by atoms with Gasteiger partial charge in [-0.05, 0) is 42.0 Å². The van der Waals surface area contributed by atoms with Crippen LogP contribution in [-0.4, -0.2) is 28.2 Å². The van der Waals surface area contributed by atoms with E-state index in [1.807, 2.05) is 41.0 Å². The van der Waals surface area contributed by atoms with E-state index in [2.05, 4.69) is 53.5 Å². The molecular formula is C30H33N3O3. The normalized spacial score (nSPS) is 11.8. The highest BCUT2D eigenvalue weighted by molar-refractivity contribution is 5.90. The minimum atomic E-state index is -0.528. The van der Waals surface area contributed by atoms with Gasteiger partial charge in [-0.15, -0.1) is 0 Å². The smallest absolute Gasteiger partial charge is 0.268 e. The molecule has 0 saturated carbocycles. The molecule has 4 rings (SSSR count). The Morgan fingerprint density at radius 1 is 0.889 bits per heavy atom. The van der Waals surface area contributed by atoms with Gasteiger partial charge in [0.1, 0.15) is 11.4 Å². The standard InChI is InChI=1S/C30H33N3O3/c31-30(34)28-21-33(23-32-28)20-27(36-22-25-12-5-2-6-13-25)16-9-15-26-14-7-8-17-29(26)35-19-18-24-10-3-1-4-11-24/h1-8,10-14,17,21,23,27H,9,15-16,18-20,22H2,(H2,31,34)/t27-/m0/s1. The molecule has 0 aliphatic carbocycles. The highest BCUT2D eigenvalue weighted by atomic mass is 16.5. The predicted octanol–water partition coefficient (Wildman–Crippen LogP) is 5.21. The van der Waals surface area contributed by atoms with Crippen molar-refractivity contribution in [2.75, 3.05) is 6.61 Å². The fourth-order valence-electron chi connectivity index (χ4n) is 4.13. The van der Waals surface area contributed by atoms with Crippen molar-refractivity contribution >= 4 is 5.91 Å². The van der Waals surface area contributed by atoms with Crippen molar-refractivity contribution in [2.24, 2.45) is 5.73 Å². The first-order valence-corrected chi connectivity index (χ1v) is 12.4. The van der Waals surface area contributed by atoms with Gasteiger partial charge in [-0.2, -0.15) is 0 Å². The van der Waals surface area contributed by atoms with Crippen LogP contribution in [0.1, 0.15) is 40.0 Å². The van der Waals surface area contributed by atoms with Crippen molar-refractivity contribution in [1.29, 1.82) is 0 Å². The van der Waals surface area contributed by atoms with Crippen LogP contribution in [0.3, 0.4) is 0 Å². The third-order valence-corrected chi connectivity index (χ3v) is 6.06. The zero-order valence-corrected chi connectivity index (χ0v) is 20.5. The molecule has 0 radical (unpaired) electrons. The number of rotatable bonds is 14. The van der Waals surface area contributed by atoms with Crippen LogP contribution in [-0.2, 0) is 30.7 Å². The quantitative estimate of drug-likeness (QED) is 0.267. The zero-order chi connectivity index (χ0) is 25.0. The molecule has 1 heterocycles. The Morgan fingerprint density at radius 2 is 1.58 bits per heavy atom. The van der Waals surface area contributed by atoms with Gasteiger partial charge < -0.3 is 19.8 Å². The van der Waals surface area contributed by atoms with Gasteiger partial charge in [0.2, 0.25) is 0 Å². The van der Waals surface area contributed by atoms with Gasteiger partial charge in [0.25, 0.3) is 5.91 Å². The number of primary amides is 1. The number of carbonyl (C=O) groups is 1. The minimum absolute atomic E-state index is 0.0358. The summed E-state index contributed by atoms with van der Waals surface area (Å²) in [5.74, 6) is 0.412. The van der Waals surface area contributed by atoms with E-state index in [1.165, 1.54) is 11.1 Å². The molecule has 6 nitrogen and oxygen atoms in total. The topological polar surface area (TPSA) is 79.4 Å².